The summed E-state index contributed by atoms with van der Waals surface area (Å²) in [6.07, 6.45) is 1.13. The third-order valence-electron chi connectivity index (χ3n) is 2.92. The fraction of sp³-hybridized carbons (Fsp3) is 0.647. The van der Waals surface area contributed by atoms with Crippen molar-refractivity contribution in [1.29, 1.82) is 0 Å². The first kappa shape index (κ1) is 16.2. The van der Waals surface area contributed by atoms with E-state index in [1.807, 2.05) is 0 Å². The van der Waals surface area contributed by atoms with Crippen molar-refractivity contribution in [2.75, 3.05) is 6.61 Å². The number of nitrogens with one attached hydrogen (secondary N) is 1. The van der Waals surface area contributed by atoms with Gasteiger partial charge in [0.25, 0.3) is 0 Å². The van der Waals surface area contributed by atoms with Crippen molar-refractivity contribution in [3.63, 3.8) is 0 Å². The zero-order chi connectivity index (χ0) is 14.3. The van der Waals surface area contributed by atoms with Crippen LogP contribution in [-0.4, -0.2) is 12.1 Å². The molecule has 0 bridgehead atoms. The molecule has 0 saturated heterocycles. The lowest BCUT2D eigenvalue weighted by Gasteiger charge is -2.20. The molecule has 2 heteroatoms. The Balaban J connectivity index is 2.39. The summed E-state index contributed by atoms with van der Waals surface area (Å²) in [6, 6.07) is 8.64. The zero-order valence-electron chi connectivity index (χ0n) is 13.1. The van der Waals surface area contributed by atoms with E-state index in [0.29, 0.717) is 5.92 Å². The number of hydrogen-bond donors (Lipinski definition) is 1. The summed E-state index contributed by atoms with van der Waals surface area (Å²) in [5, 5.41) is 3.51. The summed E-state index contributed by atoms with van der Waals surface area (Å²) in [5.74, 6) is 0.710. The Kier molecular flexibility index (Phi) is 6.53. The summed E-state index contributed by atoms with van der Waals surface area (Å²) < 4.78 is 5.71. The molecule has 0 fully saturated rings. The van der Waals surface area contributed by atoms with Gasteiger partial charge in [0.1, 0.15) is 0 Å². The highest BCUT2D eigenvalue weighted by Gasteiger charge is 2.08. The van der Waals surface area contributed by atoms with Gasteiger partial charge in [-0.25, -0.2) is 0 Å². The second-order valence-corrected chi connectivity index (χ2v) is 6.66. The molecule has 0 spiro atoms. The van der Waals surface area contributed by atoms with Gasteiger partial charge in [-0.15, -0.1) is 0 Å². The lowest BCUT2D eigenvalue weighted by atomic mass is 10.1. The average molecular weight is 263 g/mol. The first-order chi connectivity index (χ1) is 8.87. The Morgan fingerprint density at radius 1 is 1.16 bits per heavy atom. The van der Waals surface area contributed by atoms with Gasteiger partial charge in [-0.2, -0.15) is 0 Å². The molecule has 0 atom stereocenters. The Morgan fingerprint density at radius 3 is 2.47 bits per heavy atom. The van der Waals surface area contributed by atoms with Crippen molar-refractivity contribution in [3.05, 3.63) is 35.4 Å². The smallest absolute Gasteiger partial charge is 0.0716 e. The molecule has 19 heavy (non-hydrogen) atoms. The van der Waals surface area contributed by atoms with Crippen LogP contribution in [0.15, 0.2) is 24.3 Å². The van der Waals surface area contributed by atoms with Gasteiger partial charge in [0, 0.05) is 18.7 Å². The van der Waals surface area contributed by atoms with Crippen LogP contribution >= 0.6 is 0 Å². The third kappa shape index (κ3) is 8.02. The Hall–Kier alpha value is -0.860. The molecular weight excluding hydrogens is 234 g/mol. The van der Waals surface area contributed by atoms with Crippen LogP contribution in [-0.2, 0) is 17.9 Å². The van der Waals surface area contributed by atoms with E-state index in [9.17, 15) is 0 Å². The molecular formula is C17H29NO. The summed E-state index contributed by atoms with van der Waals surface area (Å²) in [7, 11) is 0. The van der Waals surface area contributed by atoms with Crippen molar-refractivity contribution in [2.45, 2.75) is 59.7 Å². The summed E-state index contributed by atoms with van der Waals surface area (Å²) >= 11 is 0. The molecule has 0 aliphatic carbocycles. The third-order valence-corrected chi connectivity index (χ3v) is 2.92. The number of hydrogen-bond acceptors (Lipinski definition) is 2. The largest absolute Gasteiger partial charge is 0.377 e. The standard InChI is InChI=1S/C17H29NO/c1-14(2)9-10-19-13-16-8-6-7-15(11-16)12-18-17(3,4)5/h6-8,11,14,18H,9-10,12-13H2,1-5H3. The van der Waals surface area contributed by atoms with E-state index < -0.39 is 0 Å². The SMILES string of the molecule is CC(C)CCOCc1cccc(CNC(C)(C)C)c1. The van der Waals surface area contributed by atoms with Gasteiger partial charge in [0.15, 0.2) is 0 Å². The molecule has 0 heterocycles. The first-order valence-corrected chi connectivity index (χ1v) is 7.27. The van der Waals surface area contributed by atoms with Crippen molar-refractivity contribution < 1.29 is 4.74 Å². The number of ether oxygens (including phenoxy) is 1. The highest BCUT2D eigenvalue weighted by Crippen LogP contribution is 2.09. The van der Waals surface area contributed by atoms with Gasteiger partial charge in [-0.05, 0) is 44.2 Å². The van der Waals surface area contributed by atoms with E-state index in [4.69, 9.17) is 4.74 Å². The van der Waals surface area contributed by atoms with E-state index in [-0.39, 0.29) is 5.54 Å². The van der Waals surface area contributed by atoms with Crippen LogP contribution in [0.25, 0.3) is 0 Å². The molecule has 0 radical (unpaired) electrons. The van der Waals surface area contributed by atoms with E-state index in [1.165, 1.54) is 11.1 Å². The molecule has 2 nitrogen and oxygen atoms in total. The van der Waals surface area contributed by atoms with Crippen LogP contribution in [0.3, 0.4) is 0 Å². The molecule has 0 aliphatic heterocycles. The summed E-state index contributed by atoms with van der Waals surface area (Å²) in [4.78, 5) is 0. The van der Waals surface area contributed by atoms with Crippen LogP contribution in [0.5, 0.6) is 0 Å². The first-order valence-electron chi connectivity index (χ1n) is 7.27. The van der Waals surface area contributed by atoms with Crippen molar-refractivity contribution in [2.24, 2.45) is 5.92 Å². The van der Waals surface area contributed by atoms with Crippen LogP contribution in [0, 0.1) is 5.92 Å². The Labute approximate surface area is 118 Å². The summed E-state index contributed by atoms with van der Waals surface area (Å²) in [6.45, 7) is 13.5. The topological polar surface area (TPSA) is 21.3 Å². The van der Waals surface area contributed by atoms with Crippen molar-refractivity contribution in [1.82, 2.24) is 5.32 Å². The zero-order valence-corrected chi connectivity index (χ0v) is 13.1. The Bertz CT molecular complexity index is 366. The van der Waals surface area contributed by atoms with Gasteiger partial charge in [-0.1, -0.05) is 38.1 Å². The minimum atomic E-state index is 0.157. The second kappa shape index (κ2) is 7.66. The van der Waals surface area contributed by atoms with Crippen molar-refractivity contribution >= 4 is 0 Å². The van der Waals surface area contributed by atoms with Gasteiger partial charge in [0.2, 0.25) is 0 Å². The lowest BCUT2D eigenvalue weighted by Crippen LogP contribution is -2.35. The monoisotopic (exact) mass is 263 g/mol. The number of rotatable bonds is 7. The van der Waals surface area contributed by atoms with Crippen molar-refractivity contribution in [3.8, 4) is 0 Å². The maximum atomic E-state index is 5.71. The molecule has 1 rings (SSSR count). The average Bonchev–Trinajstić information content (AvgIpc) is 2.32. The molecule has 0 amide bonds. The predicted molar refractivity (Wildman–Crippen MR) is 82.1 cm³/mol. The molecule has 1 aromatic carbocycles. The Morgan fingerprint density at radius 2 is 1.84 bits per heavy atom. The maximum absolute atomic E-state index is 5.71. The van der Waals surface area contributed by atoms with E-state index in [1.54, 1.807) is 0 Å². The molecule has 0 aliphatic rings. The van der Waals surface area contributed by atoms with Gasteiger partial charge >= 0.3 is 0 Å². The normalized spacial score (nSPS) is 12.1. The second-order valence-electron chi connectivity index (χ2n) is 6.66. The van der Waals surface area contributed by atoms with Gasteiger partial charge in [0.05, 0.1) is 6.61 Å². The fourth-order valence-corrected chi connectivity index (χ4v) is 1.71. The highest BCUT2D eigenvalue weighted by molar-refractivity contribution is 5.23. The van der Waals surface area contributed by atoms with E-state index in [2.05, 4.69) is 64.2 Å². The van der Waals surface area contributed by atoms with E-state index in [0.717, 1.165) is 26.2 Å². The van der Waals surface area contributed by atoms with E-state index >= 15 is 0 Å². The van der Waals surface area contributed by atoms with Crippen LogP contribution in [0.2, 0.25) is 0 Å². The van der Waals surface area contributed by atoms with Crippen LogP contribution in [0.1, 0.15) is 52.2 Å². The molecule has 1 N–H and O–H groups in total. The van der Waals surface area contributed by atoms with Gasteiger partial charge in [-0.3, -0.25) is 0 Å². The molecule has 0 aromatic heterocycles. The molecule has 108 valence electrons. The van der Waals surface area contributed by atoms with Crippen LogP contribution in [0.4, 0.5) is 0 Å². The molecule has 1 aromatic rings. The fourth-order valence-electron chi connectivity index (χ4n) is 1.71. The predicted octanol–water partition coefficient (Wildman–Crippen LogP) is 4.14. The van der Waals surface area contributed by atoms with Crippen LogP contribution < -0.4 is 5.32 Å². The summed E-state index contributed by atoms with van der Waals surface area (Å²) in [5.41, 5.74) is 2.74. The molecule has 0 saturated carbocycles. The molecule has 0 unspecified atom stereocenters. The maximum Gasteiger partial charge on any atom is 0.0716 e. The minimum absolute atomic E-state index is 0.157. The quantitative estimate of drug-likeness (QED) is 0.747. The lowest BCUT2D eigenvalue weighted by molar-refractivity contribution is 0.110. The highest BCUT2D eigenvalue weighted by atomic mass is 16.5. The van der Waals surface area contributed by atoms with Gasteiger partial charge < -0.3 is 10.1 Å². The minimum Gasteiger partial charge on any atom is -0.377 e. The number of benzene rings is 1.